The van der Waals surface area contributed by atoms with E-state index in [1.807, 2.05) is 0 Å². The SMILES string of the molecule is CC(C)(C)[C@@H]1Cc2ccccc2CCN1. The first-order valence-electron chi connectivity index (χ1n) is 5.87. The molecular weight excluding hydrogens is 182 g/mol. The largest absolute Gasteiger partial charge is 0.313 e. The van der Waals surface area contributed by atoms with E-state index in [9.17, 15) is 0 Å². The molecule has 0 aromatic heterocycles. The van der Waals surface area contributed by atoms with E-state index < -0.39 is 0 Å². The molecule has 1 aliphatic rings. The second-order valence-corrected chi connectivity index (χ2v) is 5.60. The summed E-state index contributed by atoms with van der Waals surface area (Å²) < 4.78 is 0. The molecule has 0 unspecified atom stereocenters. The molecule has 0 radical (unpaired) electrons. The van der Waals surface area contributed by atoms with Crippen molar-refractivity contribution in [2.75, 3.05) is 6.54 Å². The fourth-order valence-corrected chi connectivity index (χ4v) is 2.29. The predicted molar refractivity (Wildman–Crippen MR) is 65.1 cm³/mol. The first-order chi connectivity index (χ1) is 7.07. The summed E-state index contributed by atoms with van der Waals surface area (Å²) in [4.78, 5) is 0. The lowest BCUT2D eigenvalue weighted by Gasteiger charge is -2.30. The highest BCUT2D eigenvalue weighted by Crippen LogP contribution is 2.25. The Kier molecular flexibility index (Phi) is 2.83. The molecule has 0 saturated carbocycles. The third kappa shape index (κ3) is 2.40. The van der Waals surface area contributed by atoms with Crippen LogP contribution in [0.4, 0.5) is 0 Å². The third-order valence-electron chi connectivity index (χ3n) is 3.37. The lowest BCUT2D eigenvalue weighted by atomic mass is 9.83. The lowest BCUT2D eigenvalue weighted by Crippen LogP contribution is -2.41. The highest BCUT2D eigenvalue weighted by Gasteiger charge is 2.26. The van der Waals surface area contributed by atoms with Gasteiger partial charge < -0.3 is 5.32 Å². The molecule has 1 aromatic carbocycles. The average Bonchev–Trinajstić information content (AvgIpc) is 2.38. The molecule has 1 atom stereocenters. The van der Waals surface area contributed by atoms with Gasteiger partial charge in [-0.05, 0) is 35.9 Å². The van der Waals surface area contributed by atoms with Crippen LogP contribution < -0.4 is 5.32 Å². The Hall–Kier alpha value is -0.820. The van der Waals surface area contributed by atoms with E-state index in [4.69, 9.17) is 0 Å². The van der Waals surface area contributed by atoms with Crippen LogP contribution in [-0.2, 0) is 12.8 Å². The van der Waals surface area contributed by atoms with Gasteiger partial charge >= 0.3 is 0 Å². The Balaban J connectivity index is 2.25. The van der Waals surface area contributed by atoms with Gasteiger partial charge in [-0.15, -0.1) is 0 Å². The van der Waals surface area contributed by atoms with E-state index in [0.29, 0.717) is 11.5 Å². The van der Waals surface area contributed by atoms with Crippen LogP contribution in [0, 0.1) is 5.41 Å². The van der Waals surface area contributed by atoms with Gasteiger partial charge in [0.05, 0.1) is 0 Å². The summed E-state index contributed by atoms with van der Waals surface area (Å²) >= 11 is 0. The van der Waals surface area contributed by atoms with Crippen LogP contribution in [0.1, 0.15) is 31.9 Å². The summed E-state index contributed by atoms with van der Waals surface area (Å²) in [5.41, 5.74) is 3.40. The van der Waals surface area contributed by atoms with Crippen LogP contribution in [0.2, 0.25) is 0 Å². The van der Waals surface area contributed by atoms with Crippen LogP contribution >= 0.6 is 0 Å². The summed E-state index contributed by atoms with van der Waals surface area (Å²) in [6.45, 7) is 8.06. The van der Waals surface area contributed by atoms with Gasteiger partial charge in [0.2, 0.25) is 0 Å². The van der Waals surface area contributed by atoms with Gasteiger partial charge in [0.15, 0.2) is 0 Å². The molecule has 0 aliphatic carbocycles. The molecule has 0 spiro atoms. The normalized spacial score (nSPS) is 21.9. The summed E-state index contributed by atoms with van der Waals surface area (Å²) in [5.74, 6) is 0. The van der Waals surface area contributed by atoms with Gasteiger partial charge in [-0.2, -0.15) is 0 Å². The van der Waals surface area contributed by atoms with Crippen molar-refractivity contribution in [1.29, 1.82) is 0 Å². The van der Waals surface area contributed by atoms with Gasteiger partial charge in [-0.3, -0.25) is 0 Å². The highest BCUT2D eigenvalue weighted by atomic mass is 14.9. The maximum atomic E-state index is 3.67. The molecule has 1 heterocycles. The average molecular weight is 203 g/mol. The van der Waals surface area contributed by atoms with Crippen molar-refractivity contribution in [1.82, 2.24) is 5.32 Å². The number of rotatable bonds is 0. The first kappa shape index (κ1) is 10.7. The van der Waals surface area contributed by atoms with E-state index in [2.05, 4.69) is 50.4 Å². The maximum absolute atomic E-state index is 3.67. The molecule has 1 nitrogen and oxygen atoms in total. The first-order valence-corrected chi connectivity index (χ1v) is 5.87. The topological polar surface area (TPSA) is 12.0 Å². The van der Waals surface area contributed by atoms with Gasteiger partial charge in [0, 0.05) is 6.04 Å². The summed E-state index contributed by atoms with van der Waals surface area (Å²) in [6.07, 6.45) is 2.34. The van der Waals surface area contributed by atoms with Crippen LogP contribution in [0.5, 0.6) is 0 Å². The van der Waals surface area contributed by atoms with Crippen LogP contribution in [-0.4, -0.2) is 12.6 Å². The van der Waals surface area contributed by atoms with Crippen molar-refractivity contribution >= 4 is 0 Å². The van der Waals surface area contributed by atoms with Gasteiger partial charge in [0.25, 0.3) is 0 Å². The van der Waals surface area contributed by atoms with Crippen molar-refractivity contribution in [3.63, 3.8) is 0 Å². The Morgan fingerprint density at radius 3 is 2.47 bits per heavy atom. The van der Waals surface area contributed by atoms with E-state index >= 15 is 0 Å². The minimum Gasteiger partial charge on any atom is -0.313 e. The smallest absolute Gasteiger partial charge is 0.0156 e. The maximum Gasteiger partial charge on any atom is 0.0156 e. The van der Waals surface area contributed by atoms with E-state index in [1.54, 1.807) is 0 Å². The molecule has 0 saturated heterocycles. The Morgan fingerprint density at radius 1 is 1.13 bits per heavy atom. The summed E-state index contributed by atoms with van der Waals surface area (Å²) in [5, 5.41) is 3.67. The van der Waals surface area contributed by atoms with Crippen molar-refractivity contribution in [3.8, 4) is 0 Å². The monoisotopic (exact) mass is 203 g/mol. The zero-order valence-electron chi connectivity index (χ0n) is 10.0. The zero-order valence-corrected chi connectivity index (χ0v) is 10.0. The van der Waals surface area contributed by atoms with E-state index in [-0.39, 0.29) is 0 Å². The standard InChI is InChI=1S/C14H21N/c1-14(2,3)13-10-12-7-5-4-6-11(12)8-9-15-13/h4-7,13,15H,8-10H2,1-3H3/t13-/m0/s1. The predicted octanol–water partition coefficient (Wildman–Crippen LogP) is 2.79. The number of nitrogens with one attached hydrogen (secondary N) is 1. The number of fused-ring (bicyclic) bond motifs is 1. The molecule has 82 valence electrons. The van der Waals surface area contributed by atoms with E-state index in [0.717, 1.165) is 6.54 Å². The molecular formula is C14H21N. The molecule has 0 fully saturated rings. The second-order valence-electron chi connectivity index (χ2n) is 5.60. The Labute approximate surface area is 92.9 Å². The van der Waals surface area contributed by atoms with Crippen molar-refractivity contribution < 1.29 is 0 Å². The summed E-state index contributed by atoms with van der Waals surface area (Å²) in [6, 6.07) is 9.45. The minimum atomic E-state index is 0.345. The van der Waals surface area contributed by atoms with Gasteiger partial charge in [-0.25, -0.2) is 0 Å². The van der Waals surface area contributed by atoms with Gasteiger partial charge in [-0.1, -0.05) is 45.0 Å². The van der Waals surface area contributed by atoms with Crippen molar-refractivity contribution in [2.24, 2.45) is 5.41 Å². The van der Waals surface area contributed by atoms with E-state index in [1.165, 1.54) is 24.0 Å². The number of hydrogen-bond acceptors (Lipinski definition) is 1. The van der Waals surface area contributed by atoms with Crippen LogP contribution in [0.25, 0.3) is 0 Å². The highest BCUT2D eigenvalue weighted by molar-refractivity contribution is 5.29. The Bertz CT molecular complexity index is 335. The number of hydrogen-bond donors (Lipinski definition) is 1. The van der Waals surface area contributed by atoms with Crippen molar-refractivity contribution in [3.05, 3.63) is 35.4 Å². The molecule has 1 aromatic rings. The quantitative estimate of drug-likeness (QED) is 0.683. The van der Waals surface area contributed by atoms with Crippen LogP contribution in [0.3, 0.4) is 0 Å². The number of benzene rings is 1. The molecule has 1 heteroatoms. The molecule has 1 aliphatic heterocycles. The van der Waals surface area contributed by atoms with Crippen LogP contribution in [0.15, 0.2) is 24.3 Å². The summed E-state index contributed by atoms with van der Waals surface area (Å²) in [7, 11) is 0. The minimum absolute atomic E-state index is 0.345. The fraction of sp³-hybridized carbons (Fsp3) is 0.571. The third-order valence-corrected chi connectivity index (χ3v) is 3.37. The molecule has 1 N–H and O–H groups in total. The van der Waals surface area contributed by atoms with Gasteiger partial charge in [0.1, 0.15) is 0 Å². The molecule has 15 heavy (non-hydrogen) atoms. The molecule has 0 bridgehead atoms. The fourth-order valence-electron chi connectivity index (χ4n) is 2.29. The zero-order chi connectivity index (χ0) is 10.9. The molecule has 0 amide bonds. The lowest BCUT2D eigenvalue weighted by molar-refractivity contribution is 0.272. The van der Waals surface area contributed by atoms with Crippen molar-refractivity contribution in [2.45, 2.75) is 39.7 Å². The Morgan fingerprint density at radius 2 is 1.80 bits per heavy atom. The second kappa shape index (κ2) is 3.97. The molecule has 2 rings (SSSR count).